The SMILES string of the molecule is CCCOc1c(Cl)cc(C(=O)N2CCC(C(=O)N3CCCCC3)CC2)cc1OCC. The summed E-state index contributed by atoms with van der Waals surface area (Å²) in [6, 6.07) is 3.37. The van der Waals surface area contributed by atoms with Gasteiger partial charge in [-0.25, -0.2) is 0 Å². The molecule has 0 aromatic heterocycles. The zero-order valence-corrected chi connectivity index (χ0v) is 18.9. The summed E-state index contributed by atoms with van der Waals surface area (Å²) in [7, 11) is 0. The summed E-state index contributed by atoms with van der Waals surface area (Å²) >= 11 is 6.41. The van der Waals surface area contributed by atoms with E-state index in [1.54, 1.807) is 12.1 Å². The van der Waals surface area contributed by atoms with Gasteiger partial charge in [-0.3, -0.25) is 9.59 Å². The first kappa shape index (κ1) is 22.7. The van der Waals surface area contributed by atoms with Crippen LogP contribution in [0.2, 0.25) is 5.02 Å². The Morgan fingerprint density at radius 2 is 1.70 bits per heavy atom. The van der Waals surface area contributed by atoms with Crippen molar-refractivity contribution >= 4 is 23.4 Å². The van der Waals surface area contributed by atoms with E-state index in [4.69, 9.17) is 21.1 Å². The van der Waals surface area contributed by atoms with Crippen LogP contribution in [0.15, 0.2) is 12.1 Å². The number of carbonyl (C=O) groups is 2. The second-order valence-corrected chi connectivity index (χ2v) is 8.43. The first-order valence-electron chi connectivity index (χ1n) is 11.2. The zero-order chi connectivity index (χ0) is 21.5. The van der Waals surface area contributed by atoms with Gasteiger partial charge in [-0.05, 0) is 57.6 Å². The minimum absolute atomic E-state index is 0.0274. The Kier molecular flexibility index (Phi) is 8.25. The normalized spacial score (nSPS) is 17.7. The van der Waals surface area contributed by atoms with E-state index in [9.17, 15) is 9.59 Å². The molecular weight excluding hydrogens is 404 g/mol. The Morgan fingerprint density at radius 1 is 1.00 bits per heavy atom. The van der Waals surface area contributed by atoms with Crippen LogP contribution in [0, 0.1) is 5.92 Å². The van der Waals surface area contributed by atoms with E-state index in [1.807, 2.05) is 23.6 Å². The van der Waals surface area contributed by atoms with E-state index < -0.39 is 0 Å². The van der Waals surface area contributed by atoms with Gasteiger partial charge in [0.2, 0.25) is 5.91 Å². The molecule has 0 atom stereocenters. The molecule has 1 aromatic rings. The number of hydrogen-bond donors (Lipinski definition) is 0. The summed E-state index contributed by atoms with van der Waals surface area (Å²) in [5.74, 6) is 1.20. The van der Waals surface area contributed by atoms with Crippen LogP contribution in [0.3, 0.4) is 0 Å². The van der Waals surface area contributed by atoms with Crippen LogP contribution in [-0.4, -0.2) is 61.0 Å². The number of piperidine rings is 2. The average molecular weight is 437 g/mol. The number of amides is 2. The van der Waals surface area contributed by atoms with Crippen LogP contribution >= 0.6 is 11.6 Å². The van der Waals surface area contributed by atoms with Gasteiger partial charge in [0, 0.05) is 37.7 Å². The lowest BCUT2D eigenvalue weighted by molar-refractivity contribution is -0.137. The summed E-state index contributed by atoms with van der Waals surface area (Å²) < 4.78 is 11.4. The summed E-state index contributed by atoms with van der Waals surface area (Å²) in [4.78, 5) is 29.7. The highest BCUT2D eigenvalue weighted by atomic mass is 35.5. The Morgan fingerprint density at radius 3 is 2.33 bits per heavy atom. The van der Waals surface area contributed by atoms with Crippen LogP contribution in [-0.2, 0) is 4.79 Å². The maximum absolute atomic E-state index is 13.1. The Labute approximate surface area is 184 Å². The van der Waals surface area contributed by atoms with Crippen LogP contribution in [0.1, 0.15) is 62.7 Å². The van der Waals surface area contributed by atoms with Gasteiger partial charge in [0.15, 0.2) is 11.5 Å². The highest BCUT2D eigenvalue weighted by Gasteiger charge is 2.31. The second-order valence-electron chi connectivity index (χ2n) is 8.02. The minimum atomic E-state index is -0.0798. The average Bonchev–Trinajstić information content (AvgIpc) is 2.78. The van der Waals surface area contributed by atoms with Gasteiger partial charge in [-0.15, -0.1) is 0 Å². The molecule has 6 nitrogen and oxygen atoms in total. The van der Waals surface area contributed by atoms with Crippen molar-refractivity contribution in [3.63, 3.8) is 0 Å². The maximum atomic E-state index is 13.1. The summed E-state index contributed by atoms with van der Waals surface area (Å²) in [5.41, 5.74) is 0.494. The smallest absolute Gasteiger partial charge is 0.254 e. The van der Waals surface area contributed by atoms with E-state index in [-0.39, 0.29) is 17.7 Å². The van der Waals surface area contributed by atoms with Crippen molar-refractivity contribution in [3.05, 3.63) is 22.7 Å². The van der Waals surface area contributed by atoms with E-state index in [0.717, 1.165) is 32.4 Å². The third-order valence-corrected chi connectivity index (χ3v) is 6.09. The summed E-state index contributed by atoms with van der Waals surface area (Å²) in [5, 5.41) is 0.382. The number of ether oxygens (including phenoxy) is 2. The van der Waals surface area contributed by atoms with Gasteiger partial charge in [0.25, 0.3) is 5.91 Å². The molecule has 3 rings (SSSR count). The molecule has 2 saturated heterocycles. The third kappa shape index (κ3) is 5.39. The van der Waals surface area contributed by atoms with Gasteiger partial charge in [0.05, 0.1) is 18.2 Å². The largest absolute Gasteiger partial charge is 0.490 e. The van der Waals surface area contributed by atoms with Crippen molar-refractivity contribution < 1.29 is 19.1 Å². The standard InChI is InChI=1S/C23H33ClN2O4/c1-3-14-30-21-19(24)15-18(16-20(21)29-4-2)23(28)26-12-8-17(9-13-26)22(27)25-10-6-5-7-11-25/h15-17H,3-14H2,1-2H3. The van der Waals surface area contributed by atoms with Gasteiger partial charge in [0.1, 0.15) is 0 Å². The van der Waals surface area contributed by atoms with Crippen LogP contribution in [0.5, 0.6) is 11.5 Å². The first-order valence-corrected chi connectivity index (χ1v) is 11.6. The molecule has 166 valence electrons. The fraction of sp³-hybridized carbons (Fsp3) is 0.652. The van der Waals surface area contributed by atoms with Crippen molar-refractivity contribution in [1.29, 1.82) is 0 Å². The van der Waals surface area contributed by atoms with Crippen molar-refractivity contribution in [2.75, 3.05) is 39.4 Å². The van der Waals surface area contributed by atoms with Crippen molar-refractivity contribution in [2.45, 2.75) is 52.4 Å². The molecule has 0 radical (unpaired) electrons. The Hall–Kier alpha value is -1.95. The number of rotatable bonds is 7. The number of halogens is 1. The molecule has 2 aliphatic rings. The predicted octanol–water partition coefficient (Wildman–Crippen LogP) is 4.39. The van der Waals surface area contributed by atoms with Crippen molar-refractivity contribution in [1.82, 2.24) is 9.80 Å². The first-order chi connectivity index (χ1) is 14.5. The van der Waals surface area contributed by atoms with E-state index in [2.05, 4.69) is 0 Å². The van der Waals surface area contributed by atoms with Crippen molar-refractivity contribution in [2.24, 2.45) is 5.92 Å². The number of nitrogens with zero attached hydrogens (tertiary/aromatic N) is 2. The molecule has 2 aliphatic heterocycles. The van der Waals surface area contributed by atoms with Gasteiger partial charge >= 0.3 is 0 Å². The number of benzene rings is 1. The zero-order valence-electron chi connectivity index (χ0n) is 18.1. The molecule has 0 unspecified atom stereocenters. The van der Waals surface area contributed by atoms with Gasteiger partial charge < -0.3 is 19.3 Å². The predicted molar refractivity (Wildman–Crippen MR) is 117 cm³/mol. The third-order valence-electron chi connectivity index (χ3n) is 5.81. The molecule has 7 heteroatoms. The minimum Gasteiger partial charge on any atom is -0.490 e. The Balaban J connectivity index is 1.64. The van der Waals surface area contributed by atoms with Crippen molar-refractivity contribution in [3.8, 4) is 11.5 Å². The Bertz CT molecular complexity index is 741. The lowest BCUT2D eigenvalue weighted by atomic mass is 9.94. The van der Waals surface area contributed by atoms with Crippen LogP contribution < -0.4 is 9.47 Å². The number of carbonyl (C=O) groups excluding carboxylic acids is 2. The summed E-state index contributed by atoms with van der Waals surface area (Å²) in [6.07, 6.45) is 5.70. The van der Waals surface area contributed by atoms with Gasteiger partial charge in [-0.2, -0.15) is 0 Å². The molecule has 0 spiro atoms. The fourth-order valence-electron chi connectivity index (χ4n) is 4.18. The molecule has 0 aliphatic carbocycles. The highest BCUT2D eigenvalue weighted by Crippen LogP contribution is 2.37. The van der Waals surface area contributed by atoms with Crippen LogP contribution in [0.25, 0.3) is 0 Å². The highest BCUT2D eigenvalue weighted by molar-refractivity contribution is 6.32. The van der Waals surface area contributed by atoms with Crippen LogP contribution in [0.4, 0.5) is 0 Å². The molecule has 2 fully saturated rings. The number of likely N-dealkylation sites (tertiary alicyclic amines) is 2. The molecule has 2 heterocycles. The maximum Gasteiger partial charge on any atom is 0.254 e. The summed E-state index contributed by atoms with van der Waals surface area (Å²) in [6.45, 7) is 7.82. The molecule has 0 saturated carbocycles. The molecule has 30 heavy (non-hydrogen) atoms. The quantitative estimate of drug-likeness (QED) is 0.635. The van der Waals surface area contributed by atoms with Gasteiger partial charge in [-0.1, -0.05) is 18.5 Å². The molecule has 0 N–H and O–H groups in total. The molecular formula is C23H33ClN2O4. The lowest BCUT2D eigenvalue weighted by Crippen LogP contribution is -2.45. The molecule has 0 bridgehead atoms. The number of hydrogen-bond acceptors (Lipinski definition) is 4. The van der Waals surface area contributed by atoms with E-state index in [1.165, 1.54) is 6.42 Å². The lowest BCUT2D eigenvalue weighted by Gasteiger charge is -2.35. The van der Waals surface area contributed by atoms with E-state index >= 15 is 0 Å². The molecule has 1 aromatic carbocycles. The monoisotopic (exact) mass is 436 g/mol. The second kappa shape index (κ2) is 10.9. The molecule has 2 amide bonds. The fourth-order valence-corrected chi connectivity index (χ4v) is 4.45. The topological polar surface area (TPSA) is 59.1 Å². The van der Waals surface area contributed by atoms with E-state index in [0.29, 0.717) is 61.2 Å².